The molecular formula is C19H34N2O. The van der Waals surface area contributed by atoms with Gasteiger partial charge in [0.2, 0.25) is 5.91 Å². The smallest absolute Gasteiger partial charge is 0.226 e. The van der Waals surface area contributed by atoms with Crippen LogP contribution in [0.5, 0.6) is 0 Å². The quantitative estimate of drug-likeness (QED) is 0.839. The fourth-order valence-electron chi connectivity index (χ4n) is 5.07. The maximum Gasteiger partial charge on any atom is 0.226 e. The van der Waals surface area contributed by atoms with Gasteiger partial charge in [0.05, 0.1) is 0 Å². The van der Waals surface area contributed by atoms with Crippen LogP contribution >= 0.6 is 0 Å². The Morgan fingerprint density at radius 3 is 2.64 bits per heavy atom. The lowest BCUT2D eigenvalue weighted by Crippen LogP contribution is -2.46. The molecule has 2 bridgehead atoms. The molecular weight excluding hydrogens is 272 g/mol. The first-order valence-corrected chi connectivity index (χ1v) is 9.82. The first-order chi connectivity index (χ1) is 10.8. The number of fused-ring (bicyclic) bond motifs is 2. The van der Waals surface area contributed by atoms with Crippen molar-refractivity contribution < 1.29 is 4.79 Å². The minimum atomic E-state index is 0.300. The molecule has 0 spiro atoms. The van der Waals surface area contributed by atoms with Crippen molar-refractivity contribution >= 4 is 5.91 Å². The van der Waals surface area contributed by atoms with Crippen LogP contribution in [0.4, 0.5) is 0 Å². The van der Waals surface area contributed by atoms with Gasteiger partial charge in [0.1, 0.15) is 0 Å². The minimum Gasteiger partial charge on any atom is -0.335 e. The largest absolute Gasteiger partial charge is 0.335 e. The lowest BCUT2D eigenvalue weighted by Gasteiger charge is -2.33. The third kappa shape index (κ3) is 3.67. The monoisotopic (exact) mass is 306 g/mol. The van der Waals surface area contributed by atoms with Gasteiger partial charge < -0.3 is 10.2 Å². The molecule has 3 unspecified atom stereocenters. The van der Waals surface area contributed by atoms with Crippen molar-refractivity contribution in [1.82, 2.24) is 10.2 Å². The van der Waals surface area contributed by atoms with E-state index in [0.29, 0.717) is 23.9 Å². The molecule has 3 fully saturated rings. The Balaban J connectivity index is 1.65. The Bertz CT molecular complexity index is 350. The summed E-state index contributed by atoms with van der Waals surface area (Å²) in [5.74, 6) is 1.62. The first-order valence-electron chi connectivity index (χ1n) is 9.82. The third-order valence-corrected chi connectivity index (χ3v) is 6.24. The molecule has 2 heterocycles. The second-order valence-corrected chi connectivity index (χ2v) is 7.85. The SMILES string of the molecule is CCCC(CC1CCCCC1)C(=O)N1C2CCNCC1CC2. The zero-order valence-electron chi connectivity index (χ0n) is 14.4. The van der Waals surface area contributed by atoms with Crippen molar-refractivity contribution in [2.75, 3.05) is 13.1 Å². The second-order valence-electron chi connectivity index (χ2n) is 7.85. The van der Waals surface area contributed by atoms with Crippen molar-refractivity contribution in [2.45, 2.75) is 89.6 Å². The average molecular weight is 306 g/mol. The predicted molar refractivity (Wildman–Crippen MR) is 90.7 cm³/mol. The molecule has 2 aliphatic heterocycles. The number of carbonyl (C=O) groups is 1. The molecule has 1 N–H and O–H groups in total. The lowest BCUT2D eigenvalue weighted by molar-refractivity contribution is -0.139. The number of nitrogens with zero attached hydrogens (tertiary/aromatic N) is 1. The molecule has 0 radical (unpaired) electrons. The minimum absolute atomic E-state index is 0.300. The number of nitrogens with one attached hydrogen (secondary N) is 1. The van der Waals surface area contributed by atoms with E-state index in [9.17, 15) is 4.79 Å². The number of carbonyl (C=O) groups excluding carboxylic acids is 1. The van der Waals surface area contributed by atoms with Crippen molar-refractivity contribution in [3.8, 4) is 0 Å². The number of hydrogen-bond acceptors (Lipinski definition) is 2. The van der Waals surface area contributed by atoms with Crippen LogP contribution in [0.1, 0.15) is 77.6 Å². The van der Waals surface area contributed by atoms with Gasteiger partial charge in [-0.25, -0.2) is 0 Å². The molecule has 2 saturated heterocycles. The predicted octanol–water partition coefficient (Wildman–Crippen LogP) is 3.73. The number of rotatable bonds is 5. The highest BCUT2D eigenvalue weighted by atomic mass is 16.2. The van der Waals surface area contributed by atoms with E-state index in [1.165, 1.54) is 44.9 Å². The standard InChI is InChI=1S/C19H34N2O/c1-2-6-16(13-15-7-4-3-5-8-15)19(22)21-17-9-10-18(21)14-20-12-11-17/h15-18,20H,2-14H2,1H3. The summed E-state index contributed by atoms with van der Waals surface area (Å²) in [6, 6.07) is 1.00. The lowest BCUT2D eigenvalue weighted by atomic mass is 9.81. The molecule has 126 valence electrons. The summed E-state index contributed by atoms with van der Waals surface area (Å²) < 4.78 is 0. The zero-order valence-corrected chi connectivity index (χ0v) is 14.4. The Morgan fingerprint density at radius 2 is 1.86 bits per heavy atom. The molecule has 3 nitrogen and oxygen atoms in total. The zero-order chi connectivity index (χ0) is 15.4. The summed E-state index contributed by atoms with van der Waals surface area (Å²) in [6.45, 7) is 4.34. The third-order valence-electron chi connectivity index (χ3n) is 6.24. The molecule has 3 rings (SSSR count). The summed E-state index contributed by atoms with van der Waals surface area (Å²) in [7, 11) is 0. The topological polar surface area (TPSA) is 32.3 Å². The van der Waals surface area contributed by atoms with E-state index in [1.54, 1.807) is 0 Å². The molecule has 0 aromatic rings. The van der Waals surface area contributed by atoms with E-state index in [0.717, 1.165) is 44.7 Å². The van der Waals surface area contributed by atoms with Gasteiger partial charge in [-0.1, -0.05) is 45.4 Å². The van der Waals surface area contributed by atoms with Gasteiger partial charge in [-0.2, -0.15) is 0 Å². The molecule has 1 aliphatic carbocycles. The van der Waals surface area contributed by atoms with Crippen LogP contribution in [0.25, 0.3) is 0 Å². The second kappa shape index (κ2) is 7.81. The highest BCUT2D eigenvalue weighted by Crippen LogP contribution is 2.35. The van der Waals surface area contributed by atoms with Gasteiger partial charge in [0.25, 0.3) is 0 Å². The van der Waals surface area contributed by atoms with Gasteiger partial charge in [-0.15, -0.1) is 0 Å². The van der Waals surface area contributed by atoms with Crippen LogP contribution in [0.15, 0.2) is 0 Å². The van der Waals surface area contributed by atoms with Crippen molar-refractivity contribution in [2.24, 2.45) is 11.8 Å². The molecule has 3 atom stereocenters. The van der Waals surface area contributed by atoms with Crippen molar-refractivity contribution in [1.29, 1.82) is 0 Å². The Labute approximate surface area is 136 Å². The molecule has 22 heavy (non-hydrogen) atoms. The van der Waals surface area contributed by atoms with Crippen molar-refractivity contribution in [3.05, 3.63) is 0 Å². The Kier molecular flexibility index (Phi) is 5.78. The molecule has 0 aromatic carbocycles. The van der Waals surface area contributed by atoms with E-state index in [1.807, 2.05) is 0 Å². The van der Waals surface area contributed by atoms with Crippen LogP contribution in [0, 0.1) is 11.8 Å². The average Bonchev–Trinajstić information content (AvgIpc) is 2.80. The maximum absolute atomic E-state index is 13.3. The van der Waals surface area contributed by atoms with E-state index in [4.69, 9.17) is 0 Å². The van der Waals surface area contributed by atoms with E-state index >= 15 is 0 Å². The summed E-state index contributed by atoms with van der Waals surface area (Å²) in [4.78, 5) is 15.6. The van der Waals surface area contributed by atoms with E-state index in [-0.39, 0.29) is 0 Å². The summed E-state index contributed by atoms with van der Waals surface area (Å²) >= 11 is 0. The number of hydrogen-bond donors (Lipinski definition) is 1. The van der Waals surface area contributed by atoms with Crippen LogP contribution in [-0.2, 0) is 4.79 Å². The van der Waals surface area contributed by atoms with Gasteiger partial charge >= 0.3 is 0 Å². The van der Waals surface area contributed by atoms with E-state index in [2.05, 4.69) is 17.1 Å². The fourth-order valence-corrected chi connectivity index (χ4v) is 5.07. The highest BCUT2D eigenvalue weighted by molar-refractivity contribution is 5.80. The summed E-state index contributed by atoms with van der Waals surface area (Å²) in [6.07, 6.45) is 13.9. The molecule has 1 saturated carbocycles. The Morgan fingerprint density at radius 1 is 1.09 bits per heavy atom. The summed E-state index contributed by atoms with van der Waals surface area (Å²) in [5.41, 5.74) is 0. The van der Waals surface area contributed by atoms with Gasteiger partial charge in [-0.05, 0) is 44.6 Å². The van der Waals surface area contributed by atoms with Gasteiger partial charge in [0, 0.05) is 24.5 Å². The van der Waals surface area contributed by atoms with E-state index < -0.39 is 0 Å². The van der Waals surface area contributed by atoms with Crippen LogP contribution in [0.3, 0.4) is 0 Å². The highest BCUT2D eigenvalue weighted by Gasteiger charge is 2.40. The van der Waals surface area contributed by atoms with Gasteiger partial charge in [-0.3, -0.25) is 4.79 Å². The van der Waals surface area contributed by atoms with Crippen molar-refractivity contribution in [3.63, 3.8) is 0 Å². The molecule has 3 heteroatoms. The molecule has 1 amide bonds. The summed E-state index contributed by atoms with van der Waals surface area (Å²) in [5, 5.41) is 3.52. The van der Waals surface area contributed by atoms with Gasteiger partial charge in [0.15, 0.2) is 0 Å². The van der Waals surface area contributed by atoms with Crippen LogP contribution in [-0.4, -0.2) is 36.0 Å². The first kappa shape index (κ1) is 16.3. The normalized spacial score (nSPS) is 31.0. The fraction of sp³-hybridized carbons (Fsp3) is 0.947. The molecule has 3 aliphatic rings. The number of amides is 1. The van der Waals surface area contributed by atoms with Crippen LogP contribution in [0.2, 0.25) is 0 Å². The van der Waals surface area contributed by atoms with Crippen LogP contribution < -0.4 is 5.32 Å². The Hall–Kier alpha value is -0.570. The molecule has 0 aromatic heterocycles. The maximum atomic E-state index is 13.3.